The number of hydrogen-bond donors (Lipinski definition) is 0. The Labute approximate surface area is 114 Å². The fourth-order valence-corrected chi connectivity index (χ4v) is 2.52. The van der Waals surface area contributed by atoms with Crippen LogP contribution in [0.5, 0.6) is 0 Å². The summed E-state index contributed by atoms with van der Waals surface area (Å²) >= 11 is 0. The Morgan fingerprint density at radius 1 is 0.500 bits per heavy atom. The highest BCUT2D eigenvalue weighted by Gasteiger charge is 2.09. The molecular weight excluding hydrogens is 216 g/mol. The zero-order valence-corrected chi connectivity index (χ0v) is 12.7. The van der Waals surface area contributed by atoms with Crippen molar-refractivity contribution in [2.45, 2.75) is 79.1 Å². The Morgan fingerprint density at radius 2 is 0.722 bits per heavy atom. The van der Waals surface area contributed by atoms with Crippen molar-refractivity contribution in [3.8, 4) is 0 Å². The van der Waals surface area contributed by atoms with E-state index < -0.39 is 0 Å². The van der Waals surface area contributed by atoms with E-state index in [9.17, 15) is 0 Å². The summed E-state index contributed by atoms with van der Waals surface area (Å²) in [7, 11) is 0. The molecule has 0 saturated carbocycles. The molecule has 0 bridgehead atoms. The van der Waals surface area contributed by atoms with Crippen molar-refractivity contribution in [2.24, 2.45) is 0 Å². The highest BCUT2D eigenvalue weighted by atomic mass is 14.1. The first-order chi connectivity index (χ1) is 8.76. The summed E-state index contributed by atoms with van der Waals surface area (Å²) in [6, 6.07) is 7.44. The maximum absolute atomic E-state index is 3.72. The van der Waals surface area contributed by atoms with Crippen LogP contribution in [0.4, 0.5) is 0 Å². The molecule has 18 heavy (non-hydrogen) atoms. The molecule has 0 unspecified atom stereocenters. The third kappa shape index (κ3) is 4.15. The van der Waals surface area contributed by atoms with Crippen molar-refractivity contribution in [2.75, 3.05) is 0 Å². The predicted octanol–water partition coefficient (Wildman–Crippen LogP) is 5.10. The molecule has 1 aromatic rings. The van der Waals surface area contributed by atoms with Crippen LogP contribution < -0.4 is 0 Å². The van der Waals surface area contributed by atoms with Gasteiger partial charge in [-0.25, -0.2) is 0 Å². The van der Waals surface area contributed by atoms with E-state index in [1.165, 1.54) is 47.9 Å². The third-order valence-electron chi connectivity index (χ3n) is 3.33. The highest BCUT2D eigenvalue weighted by molar-refractivity contribution is 5.37. The molecule has 0 fully saturated rings. The van der Waals surface area contributed by atoms with E-state index in [1.54, 1.807) is 0 Å². The first kappa shape index (κ1) is 15.3. The second kappa shape index (κ2) is 8.34. The van der Waals surface area contributed by atoms with E-state index in [4.69, 9.17) is 0 Å². The molecule has 0 nitrogen and oxygen atoms in total. The van der Waals surface area contributed by atoms with Gasteiger partial charge in [0.05, 0.1) is 0 Å². The Kier molecular flexibility index (Phi) is 7.08. The van der Waals surface area contributed by atoms with Crippen molar-refractivity contribution >= 4 is 0 Å². The van der Waals surface area contributed by atoms with Crippen LogP contribution in [0.2, 0.25) is 0 Å². The second-order valence-corrected chi connectivity index (χ2v) is 5.16. The van der Waals surface area contributed by atoms with Crippen LogP contribution in [0, 0.1) is 12.1 Å². The smallest absolute Gasteiger partial charge is 0.0108 e. The van der Waals surface area contributed by atoms with E-state index in [-0.39, 0.29) is 0 Å². The predicted molar refractivity (Wildman–Crippen MR) is 80.1 cm³/mol. The monoisotopic (exact) mass is 244 g/mol. The van der Waals surface area contributed by atoms with E-state index >= 15 is 0 Å². The molecule has 0 atom stereocenters. The summed E-state index contributed by atoms with van der Waals surface area (Å²) in [5.41, 5.74) is 5.73. The average Bonchev–Trinajstić information content (AvgIpc) is 2.35. The average molecular weight is 244 g/mol. The molecule has 0 aliphatic carbocycles. The van der Waals surface area contributed by atoms with Gasteiger partial charge in [-0.05, 0) is 60.1 Å². The van der Waals surface area contributed by atoms with Crippen LogP contribution in [0.15, 0.2) is 0 Å². The lowest BCUT2D eigenvalue weighted by atomic mass is 9.90. The number of hydrogen-bond acceptors (Lipinski definition) is 0. The minimum atomic E-state index is 1.16. The molecule has 0 aliphatic rings. The molecule has 0 aliphatic heterocycles. The third-order valence-corrected chi connectivity index (χ3v) is 3.33. The summed E-state index contributed by atoms with van der Waals surface area (Å²) in [6.45, 7) is 9.01. The minimum Gasteiger partial charge on any atom is -0.0651 e. The molecular formula is C18H28. The summed E-state index contributed by atoms with van der Waals surface area (Å²) in [5, 5.41) is 0. The summed E-state index contributed by atoms with van der Waals surface area (Å²) < 4.78 is 0. The van der Waals surface area contributed by atoms with Crippen molar-refractivity contribution in [3.63, 3.8) is 0 Å². The lowest BCUT2D eigenvalue weighted by Gasteiger charge is -2.14. The second-order valence-electron chi connectivity index (χ2n) is 5.16. The SMILES string of the molecule is CCCc1[c]c(CCC)c(CCC)[c]c1CCC. The van der Waals surface area contributed by atoms with Gasteiger partial charge in [0.15, 0.2) is 0 Å². The van der Waals surface area contributed by atoms with Gasteiger partial charge >= 0.3 is 0 Å². The number of rotatable bonds is 8. The van der Waals surface area contributed by atoms with Gasteiger partial charge in [0.2, 0.25) is 0 Å². The normalized spacial score (nSPS) is 10.9. The number of benzene rings is 1. The fraction of sp³-hybridized carbons (Fsp3) is 0.667. The fourth-order valence-electron chi connectivity index (χ4n) is 2.52. The van der Waals surface area contributed by atoms with Crippen LogP contribution in [0.1, 0.15) is 75.6 Å². The van der Waals surface area contributed by atoms with Crippen LogP contribution in [0.25, 0.3) is 0 Å². The molecule has 1 aromatic carbocycles. The Balaban J connectivity index is 3.11. The molecule has 1 rings (SSSR count). The molecule has 100 valence electrons. The largest absolute Gasteiger partial charge is 0.0651 e. The molecule has 0 aromatic heterocycles. The van der Waals surface area contributed by atoms with Crippen LogP contribution in [0.3, 0.4) is 0 Å². The lowest BCUT2D eigenvalue weighted by Crippen LogP contribution is -2.03. The number of aryl methyl sites for hydroxylation is 4. The van der Waals surface area contributed by atoms with Gasteiger partial charge in [-0.2, -0.15) is 0 Å². The van der Waals surface area contributed by atoms with Gasteiger partial charge in [0.25, 0.3) is 0 Å². The molecule has 0 heteroatoms. The first-order valence-corrected chi connectivity index (χ1v) is 7.74. The maximum Gasteiger partial charge on any atom is -0.0108 e. The molecule has 0 spiro atoms. The van der Waals surface area contributed by atoms with Gasteiger partial charge in [0, 0.05) is 0 Å². The van der Waals surface area contributed by atoms with Crippen LogP contribution >= 0.6 is 0 Å². The van der Waals surface area contributed by atoms with Crippen LogP contribution in [-0.2, 0) is 25.7 Å². The zero-order valence-electron chi connectivity index (χ0n) is 12.7. The molecule has 0 amide bonds. The van der Waals surface area contributed by atoms with Gasteiger partial charge < -0.3 is 0 Å². The maximum atomic E-state index is 3.72. The quantitative estimate of drug-likeness (QED) is 0.597. The summed E-state index contributed by atoms with van der Waals surface area (Å²) in [5.74, 6) is 0. The van der Waals surface area contributed by atoms with Gasteiger partial charge in [-0.3, -0.25) is 0 Å². The van der Waals surface area contributed by atoms with Crippen LogP contribution in [-0.4, -0.2) is 0 Å². The zero-order chi connectivity index (χ0) is 13.4. The Bertz CT molecular complexity index is 283. The molecule has 2 radical (unpaired) electrons. The summed E-state index contributed by atoms with van der Waals surface area (Å²) in [4.78, 5) is 0. The minimum absolute atomic E-state index is 1.16. The van der Waals surface area contributed by atoms with E-state index in [2.05, 4.69) is 39.8 Å². The molecule has 0 N–H and O–H groups in total. The highest BCUT2D eigenvalue weighted by Crippen LogP contribution is 2.21. The van der Waals surface area contributed by atoms with Gasteiger partial charge in [-0.1, -0.05) is 53.4 Å². The molecule has 0 heterocycles. The Morgan fingerprint density at radius 3 is 0.889 bits per heavy atom. The van der Waals surface area contributed by atoms with E-state index in [0.717, 1.165) is 25.7 Å². The van der Waals surface area contributed by atoms with E-state index in [1.807, 2.05) is 0 Å². The topological polar surface area (TPSA) is 0 Å². The van der Waals surface area contributed by atoms with Gasteiger partial charge in [0.1, 0.15) is 0 Å². The van der Waals surface area contributed by atoms with Crippen molar-refractivity contribution < 1.29 is 0 Å². The molecule has 0 saturated heterocycles. The summed E-state index contributed by atoms with van der Waals surface area (Å²) in [6.07, 6.45) is 9.48. The van der Waals surface area contributed by atoms with Gasteiger partial charge in [-0.15, -0.1) is 0 Å². The van der Waals surface area contributed by atoms with Crippen molar-refractivity contribution in [1.29, 1.82) is 0 Å². The lowest BCUT2D eigenvalue weighted by molar-refractivity contribution is 0.819. The first-order valence-electron chi connectivity index (χ1n) is 7.74. The van der Waals surface area contributed by atoms with Crippen molar-refractivity contribution in [3.05, 3.63) is 34.4 Å². The standard InChI is InChI=1S/C18H28/c1-5-9-15-13-17(11-7-3)18(12-8-4)14-16(15)10-6-2/h5-12H2,1-4H3. The Hall–Kier alpha value is -0.780. The van der Waals surface area contributed by atoms with Crippen molar-refractivity contribution in [1.82, 2.24) is 0 Å². The van der Waals surface area contributed by atoms with E-state index in [0.29, 0.717) is 0 Å².